The largest absolute Gasteiger partial charge is 0.504 e. The first-order chi connectivity index (χ1) is 14.0. The second-order valence-electron chi connectivity index (χ2n) is 7.33. The summed E-state index contributed by atoms with van der Waals surface area (Å²) in [4.78, 5) is 0. The van der Waals surface area contributed by atoms with Crippen LogP contribution in [0.25, 0.3) is 11.1 Å². The minimum atomic E-state index is -0.988. The molecule has 0 aliphatic carbocycles. The molecule has 0 unspecified atom stereocenters. The van der Waals surface area contributed by atoms with Gasteiger partial charge in [-0.1, -0.05) is 52.0 Å². The smallest absolute Gasteiger partial charge is 0.494 e. The van der Waals surface area contributed by atoms with Gasteiger partial charge in [-0.05, 0) is 38.7 Å². The van der Waals surface area contributed by atoms with E-state index in [0.717, 1.165) is 5.46 Å². The molecule has 1 saturated heterocycles. The van der Waals surface area contributed by atoms with Crippen LogP contribution in [0.4, 0.5) is 0 Å². The molecule has 3 rings (SSSR count). The van der Waals surface area contributed by atoms with E-state index < -0.39 is 47.1 Å². The first-order valence-corrected chi connectivity index (χ1v) is 10.1. The molecule has 0 saturated carbocycles. The van der Waals surface area contributed by atoms with Crippen molar-refractivity contribution in [2.75, 3.05) is 0 Å². The Morgan fingerprint density at radius 2 is 0.933 bits per heavy atom. The summed E-state index contributed by atoms with van der Waals surface area (Å²) in [6.07, 6.45) is 0. The molecule has 1 aliphatic rings. The molecule has 30 heavy (non-hydrogen) atoms. The van der Waals surface area contributed by atoms with E-state index in [0.29, 0.717) is 5.56 Å². The SMILES string of the molecule is CC.CC.CC1(C)OB(c2ccc(-c3c(O)c(O)c(O)c(O)c3O)cc2)OC1(C)C. The van der Waals surface area contributed by atoms with Crippen molar-refractivity contribution < 1.29 is 34.8 Å². The van der Waals surface area contributed by atoms with Crippen molar-refractivity contribution >= 4 is 12.6 Å². The lowest BCUT2D eigenvalue weighted by molar-refractivity contribution is 0.00578. The molecule has 2 aromatic rings. The van der Waals surface area contributed by atoms with Gasteiger partial charge in [0.2, 0.25) is 17.2 Å². The van der Waals surface area contributed by atoms with E-state index in [2.05, 4.69) is 0 Å². The van der Waals surface area contributed by atoms with Crippen LogP contribution in [-0.2, 0) is 9.31 Å². The van der Waals surface area contributed by atoms with Crippen LogP contribution in [0.2, 0.25) is 0 Å². The molecule has 0 spiro atoms. The summed E-state index contributed by atoms with van der Waals surface area (Å²) in [6, 6.07) is 6.53. The van der Waals surface area contributed by atoms with Crippen molar-refractivity contribution in [3.8, 4) is 39.9 Å². The first kappa shape index (κ1) is 25.5. The fourth-order valence-electron chi connectivity index (χ4n) is 2.74. The molecule has 1 heterocycles. The molecule has 1 aliphatic heterocycles. The average molecular weight is 420 g/mol. The van der Waals surface area contributed by atoms with E-state index in [-0.39, 0.29) is 5.56 Å². The second-order valence-corrected chi connectivity index (χ2v) is 7.33. The average Bonchev–Trinajstić information content (AvgIpc) is 2.96. The van der Waals surface area contributed by atoms with Crippen molar-refractivity contribution in [2.24, 2.45) is 0 Å². The zero-order valence-electron chi connectivity index (χ0n) is 18.9. The van der Waals surface area contributed by atoms with Crippen LogP contribution >= 0.6 is 0 Å². The highest BCUT2D eigenvalue weighted by Gasteiger charge is 2.51. The fourth-order valence-corrected chi connectivity index (χ4v) is 2.74. The zero-order chi connectivity index (χ0) is 23.4. The van der Waals surface area contributed by atoms with Gasteiger partial charge in [0.1, 0.15) is 0 Å². The Kier molecular flexibility index (Phi) is 8.05. The Hall–Kier alpha value is -2.58. The first-order valence-electron chi connectivity index (χ1n) is 10.1. The Labute approximate surface area is 178 Å². The van der Waals surface area contributed by atoms with Crippen molar-refractivity contribution in [3.63, 3.8) is 0 Å². The van der Waals surface area contributed by atoms with Gasteiger partial charge in [-0.2, -0.15) is 0 Å². The van der Waals surface area contributed by atoms with E-state index in [9.17, 15) is 25.5 Å². The van der Waals surface area contributed by atoms with Gasteiger partial charge in [0.15, 0.2) is 11.5 Å². The lowest BCUT2D eigenvalue weighted by Gasteiger charge is -2.32. The number of rotatable bonds is 2. The topological polar surface area (TPSA) is 120 Å². The van der Waals surface area contributed by atoms with Crippen LogP contribution < -0.4 is 5.46 Å². The molecule has 0 amide bonds. The third-order valence-corrected chi connectivity index (χ3v) is 5.10. The molecule has 1 fully saturated rings. The van der Waals surface area contributed by atoms with Gasteiger partial charge in [0.25, 0.3) is 0 Å². The summed E-state index contributed by atoms with van der Waals surface area (Å²) in [6.45, 7) is 15.8. The molecule has 0 radical (unpaired) electrons. The normalized spacial score (nSPS) is 16.2. The van der Waals surface area contributed by atoms with Crippen LogP contribution in [0.5, 0.6) is 28.7 Å². The standard InChI is InChI=1S/C18H21BO7.2C2H6/c1-17(2)18(3,4)26-19(25-17)10-7-5-9(6-8-10)11-12(20)14(22)16(24)15(23)13(11)21;2*1-2/h5-8,20-24H,1-4H3;2*1-2H3. The summed E-state index contributed by atoms with van der Waals surface area (Å²) >= 11 is 0. The van der Waals surface area contributed by atoms with Crippen LogP contribution in [0.15, 0.2) is 24.3 Å². The molecule has 0 aromatic heterocycles. The third-order valence-electron chi connectivity index (χ3n) is 5.10. The van der Waals surface area contributed by atoms with E-state index in [1.54, 1.807) is 24.3 Å². The maximum absolute atomic E-state index is 10.0. The Morgan fingerprint density at radius 3 is 1.30 bits per heavy atom. The highest BCUT2D eigenvalue weighted by molar-refractivity contribution is 6.62. The molecular formula is C22H33BO7. The van der Waals surface area contributed by atoms with Gasteiger partial charge in [0, 0.05) is 0 Å². The summed E-state index contributed by atoms with van der Waals surface area (Å²) in [7, 11) is -0.571. The molecule has 0 atom stereocenters. The minimum absolute atomic E-state index is 0.196. The quantitative estimate of drug-likeness (QED) is 0.280. The van der Waals surface area contributed by atoms with Crippen LogP contribution in [0, 0.1) is 0 Å². The summed E-state index contributed by atoms with van der Waals surface area (Å²) in [5.41, 5.74) is -0.106. The number of phenols is 5. The molecule has 8 heteroatoms. The van der Waals surface area contributed by atoms with Gasteiger partial charge in [-0.15, -0.1) is 0 Å². The van der Waals surface area contributed by atoms with Crippen LogP contribution in [0.1, 0.15) is 55.4 Å². The number of phenolic OH excluding ortho intramolecular Hbond substituents is 5. The molecular weight excluding hydrogens is 387 g/mol. The number of aromatic hydroxyl groups is 5. The summed E-state index contributed by atoms with van der Waals surface area (Å²) in [5, 5.41) is 48.9. The summed E-state index contributed by atoms with van der Waals surface area (Å²) < 4.78 is 11.9. The van der Waals surface area contributed by atoms with Gasteiger partial charge in [-0.25, -0.2) is 0 Å². The van der Waals surface area contributed by atoms with Crippen LogP contribution in [-0.4, -0.2) is 43.9 Å². The molecule has 7 nitrogen and oxygen atoms in total. The minimum Gasteiger partial charge on any atom is -0.504 e. The molecule has 5 N–H and O–H groups in total. The lowest BCUT2D eigenvalue weighted by Crippen LogP contribution is -2.41. The number of hydrogen-bond donors (Lipinski definition) is 5. The third kappa shape index (κ3) is 4.44. The van der Waals surface area contributed by atoms with Crippen molar-refractivity contribution in [1.82, 2.24) is 0 Å². The monoisotopic (exact) mass is 420 g/mol. The fraction of sp³-hybridized carbons (Fsp3) is 0.455. The lowest BCUT2D eigenvalue weighted by atomic mass is 9.78. The molecule has 0 bridgehead atoms. The van der Waals surface area contributed by atoms with Gasteiger partial charge >= 0.3 is 7.12 Å². The Balaban J connectivity index is 0.00000106. The number of benzene rings is 2. The zero-order valence-corrected chi connectivity index (χ0v) is 18.9. The molecule has 166 valence electrons. The van der Waals surface area contributed by atoms with Crippen LogP contribution in [0.3, 0.4) is 0 Å². The maximum atomic E-state index is 10.0. The molecule has 2 aromatic carbocycles. The van der Waals surface area contributed by atoms with E-state index in [4.69, 9.17) is 9.31 Å². The van der Waals surface area contributed by atoms with Crippen molar-refractivity contribution in [2.45, 2.75) is 66.6 Å². The second kappa shape index (κ2) is 9.49. The Bertz CT molecular complexity index is 816. The van der Waals surface area contributed by atoms with Crippen molar-refractivity contribution in [3.05, 3.63) is 24.3 Å². The maximum Gasteiger partial charge on any atom is 0.494 e. The van der Waals surface area contributed by atoms with Gasteiger partial charge in [0.05, 0.1) is 16.8 Å². The predicted octanol–water partition coefficient (Wildman–Crippen LogP) is 4.23. The highest BCUT2D eigenvalue weighted by atomic mass is 16.7. The van der Waals surface area contributed by atoms with E-state index in [1.807, 2.05) is 55.4 Å². The van der Waals surface area contributed by atoms with Crippen molar-refractivity contribution in [1.29, 1.82) is 0 Å². The summed E-state index contributed by atoms with van der Waals surface area (Å²) in [5.74, 6) is -4.28. The predicted molar refractivity (Wildman–Crippen MR) is 119 cm³/mol. The van der Waals surface area contributed by atoms with E-state index in [1.165, 1.54) is 0 Å². The van der Waals surface area contributed by atoms with Gasteiger partial charge < -0.3 is 34.8 Å². The number of hydrogen-bond acceptors (Lipinski definition) is 7. The van der Waals surface area contributed by atoms with Gasteiger partial charge in [-0.3, -0.25) is 0 Å². The van der Waals surface area contributed by atoms with E-state index >= 15 is 0 Å². The highest BCUT2D eigenvalue weighted by Crippen LogP contribution is 2.54. The Morgan fingerprint density at radius 1 is 0.600 bits per heavy atom.